The number of hydrogen-bond acceptors (Lipinski definition) is 2. The number of carboxylic acids is 1. The first-order chi connectivity index (χ1) is 10.5. The predicted molar refractivity (Wildman–Crippen MR) is 93.2 cm³/mol. The van der Waals surface area contributed by atoms with Gasteiger partial charge in [0.15, 0.2) is 0 Å². The lowest BCUT2D eigenvalue weighted by Gasteiger charge is -2.61. The van der Waals surface area contributed by atoms with Crippen molar-refractivity contribution in [2.75, 3.05) is 0 Å². The summed E-state index contributed by atoms with van der Waals surface area (Å²) in [7, 11) is 0. The van der Waals surface area contributed by atoms with Crippen LogP contribution in [0.1, 0.15) is 79.6 Å². The van der Waals surface area contributed by atoms with E-state index in [9.17, 15) is 9.90 Å². The van der Waals surface area contributed by atoms with Crippen LogP contribution in [0.5, 0.6) is 0 Å². The molecule has 2 saturated carbocycles. The van der Waals surface area contributed by atoms with Gasteiger partial charge in [-0.15, -0.1) is 0 Å². The highest BCUT2D eigenvalue weighted by molar-refractivity contribution is 5.80. The van der Waals surface area contributed by atoms with Gasteiger partial charge in [0.2, 0.25) is 0 Å². The second kappa shape index (κ2) is 6.23. The highest BCUT2D eigenvalue weighted by atomic mass is 16.4. The molecule has 0 bridgehead atoms. The third-order valence-corrected chi connectivity index (χ3v) is 6.96. The molecule has 0 saturated heterocycles. The van der Waals surface area contributed by atoms with Crippen molar-refractivity contribution in [3.8, 4) is 0 Å². The molecule has 2 rings (SSSR count). The number of aliphatic carboxylic acids is 1. The Morgan fingerprint density at radius 1 is 1.17 bits per heavy atom. The van der Waals surface area contributed by atoms with Crippen LogP contribution in [-0.2, 0) is 4.79 Å². The van der Waals surface area contributed by atoms with Crippen LogP contribution in [0.25, 0.3) is 0 Å². The molecule has 0 aromatic heterocycles. The number of rotatable bonds is 4. The molecule has 0 aromatic carbocycles. The number of carbonyl (C=O) groups is 1. The van der Waals surface area contributed by atoms with E-state index in [2.05, 4.69) is 20.8 Å². The monoisotopic (exact) mass is 322 g/mol. The van der Waals surface area contributed by atoms with Crippen molar-refractivity contribution in [1.29, 1.82) is 0 Å². The van der Waals surface area contributed by atoms with Crippen LogP contribution in [0.15, 0.2) is 11.6 Å². The third-order valence-electron chi connectivity index (χ3n) is 6.96. The minimum absolute atomic E-state index is 0.160. The van der Waals surface area contributed by atoms with Crippen molar-refractivity contribution in [1.82, 2.24) is 0 Å². The Morgan fingerprint density at radius 3 is 2.43 bits per heavy atom. The topological polar surface area (TPSA) is 57.5 Å². The molecule has 23 heavy (non-hydrogen) atoms. The smallest absolute Gasteiger partial charge is 0.328 e. The zero-order valence-electron chi connectivity index (χ0n) is 15.5. The molecule has 0 spiro atoms. The van der Waals surface area contributed by atoms with E-state index in [0.29, 0.717) is 11.3 Å². The predicted octanol–water partition coefficient (Wildman–Crippen LogP) is 4.79. The van der Waals surface area contributed by atoms with Gasteiger partial charge >= 0.3 is 5.97 Å². The minimum Gasteiger partial charge on any atom is -0.478 e. The van der Waals surface area contributed by atoms with Gasteiger partial charge in [0.05, 0.1) is 5.60 Å². The fourth-order valence-corrected chi connectivity index (χ4v) is 5.92. The highest BCUT2D eigenvalue weighted by Gasteiger charge is 2.57. The maximum absolute atomic E-state index is 11.1. The average molecular weight is 322 g/mol. The number of fused-ring (bicyclic) bond motifs is 1. The maximum Gasteiger partial charge on any atom is 0.328 e. The van der Waals surface area contributed by atoms with Crippen molar-refractivity contribution in [3.05, 3.63) is 11.6 Å². The summed E-state index contributed by atoms with van der Waals surface area (Å²) in [6, 6.07) is 0. The summed E-state index contributed by atoms with van der Waals surface area (Å²) in [5, 5.41) is 20.0. The van der Waals surface area contributed by atoms with Crippen molar-refractivity contribution in [2.45, 2.75) is 85.2 Å². The van der Waals surface area contributed by atoms with Gasteiger partial charge < -0.3 is 10.2 Å². The second-order valence-electron chi connectivity index (χ2n) is 9.22. The van der Waals surface area contributed by atoms with Gasteiger partial charge in [-0.05, 0) is 75.0 Å². The van der Waals surface area contributed by atoms with Crippen molar-refractivity contribution >= 4 is 5.97 Å². The van der Waals surface area contributed by atoms with E-state index in [1.807, 2.05) is 13.8 Å². The molecule has 2 N–H and O–H groups in total. The Hall–Kier alpha value is -0.830. The lowest BCUT2D eigenvalue weighted by atomic mass is 9.45. The fourth-order valence-electron chi connectivity index (χ4n) is 5.92. The average Bonchev–Trinajstić information content (AvgIpc) is 2.34. The molecule has 3 nitrogen and oxygen atoms in total. The molecule has 0 amide bonds. The molecular formula is C20H34O3. The van der Waals surface area contributed by atoms with Gasteiger partial charge in [0.1, 0.15) is 0 Å². The molecule has 2 aliphatic carbocycles. The van der Waals surface area contributed by atoms with E-state index >= 15 is 0 Å². The van der Waals surface area contributed by atoms with Crippen LogP contribution in [-0.4, -0.2) is 21.8 Å². The van der Waals surface area contributed by atoms with Gasteiger partial charge in [0, 0.05) is 6.08 Å². The molecule has 0 radical (unpaired) electrons. The first-order valence-electron chi connectivity index (χ1n) is 9.11. The molecule has 3 heteroatoms. The Bertz CT molecular complexity index is 489. The third kappa shape index (κ3) is 3.65. The largest absolute Gasteiger partial charge is 0.478 e. The molecular weight excluding hydrogens is 288 g/mol. The summed E-state index contributed by atoms with van der Waals surface area (Å²) in [6.07, 6.45) is 8.61. The molecule has 0 heterocycles. The Kier molecular flexibility index (Phi) is 5.02. The minimum atomic E-state index is -0.874. The number of carboxylic acid groups (broad SMARTS) is 1. The Balaban J connectivity index is 2.24. The number of aliphatic hydroxyl groups is 1. The normalized spacial score (nSPS) is 40.5. The van der Waals surface area contributed by atoms with E-state index < -0.39 is 11.6 Å². The molecule has 0 aromatic rings. The summed E-state index contributed by atoms with van der Waals surface area (Å²) in [5.74, 6) is 0.0176. The van der Waals surface area contributed by atoms with Crippen LogP contribution in [0.2, 0.25) is 0 Å². The molecule has 0 unspecified atom stereocenters. The summed E-state index contributed by atoms with van der Waals surface area (Å²) < 4.78 is 0. The number of hydrogen-bond donors (Lipinski definition) is 2. The summed E-state index contributed by atoms with van der Waals surface area (Å²) >= 11 is 0. The van der Waals surface area contributed by atoms with Gasteiger partial charge in [-0.25, -0.2) is 4.79 Å². The summed E-state index contributed by atoms with van der Waals surface area (Å²) in [6.45, 7) is 11.0. The fraction of sp³-hybridized carbons (Fsp3) is 0.850. The summed E-state index contributed by atoms with van der Waals surface area (Å²) in [4.78, 5) is 10.8. The Labute approximate surface area is 141 Å². The molecule has 2 aliphatic rings. The van der Waals surface area contributed by atoms with Crippen LogP contribution in [0, 0.1) is 22.7 Å². The first-order valence-corrected chi connectivity index (χ1v) is 9.11. The van der Waals surface area contributed by atoms with Gasteiger partial charge in [0.25, 0.3) is 0 Å². The van der Waals surface area contributed by atoms with Crippen molar-refractivity contribution < 1.29 is 15.0 Å². The SMILES string of the molecule is C/C(=C/C(=O)O)CC[C@H]1[C@]2(C)CCCC(C)(C)[C@H]2CC[C@@]1(C)O. The zero-order valence-corrected chi connectivity index (χ0v) is 15.5. The van der Waals surface area contributed by atoms with E-state index in [1.165, 1.54) is 25.3 Å². The molecule has 4 atom stereocenters. The van der Waals surface area contributed by atoms with E-state index in [4.69, 9.17) is 5.11 Å². The van der Waals surface area contributed by atoms with Crippen LogP contribution in [0.3, 0.4) is 0 Å². The lowest BCUT2D eigenvalue weighted by molar-refractivity contribution is -0.168. The standard InChI is InChI=1S/C20H34O3/c1-14(13-17(21)22)7-8-16-19(4)11-6-10-18(2,3)15(19)9-12-20(16,5)23/h13,15-16,23H,6-12H2,1-5H3,(H,21,22)/b14-13-/t15-,16+,19-,20-/m1/s1. The van der Waals surface area contributed by atoms with Crippen molar-refractivity contribution in [3.63, 3.8) is 0 Å². The second-order valence-corrected chi connectivity index (χ2v) is 9.22. The lowest BCUT2D eigenvalue weighted by Crippen LogP contribution is -2.57. The Morgan fingerprint density at radius 2 is 1.83 bits per heavy atom. The van der Waals surface area contributed by atoms with Gasteiger partial charge in [-0.3, -0.25) is 0 Å². The quantitative estimate of drug-likeness (QED) is 0.732. The summed E-state index contributed by atoms with van der Waals surface area (Å²) in [5.41, 5.74) is 0.761. The number of allylic oxidation sites excluding steroid dienone is 1. The van der Waals surface area contributed by atoms with E-state index in [-0.39, 0.29) is 11.3 Å². The first kappa shape index (κ1) is 18.5. The van der Waals surface area contributed by atoms with Crippen LogP contribution >= 0.6 is 0 Å². The van der Waals surface area contributed by atoms with E-state index in [0.717, 1.165) is 31.3 Å². The molecule has 0 aliphatic heterocycles. The van der Waals surface area contributed by atoms with Gasteiger partial charge in [-0.1, -0.05) is 32.8 Å². The molecule has 132 valence electrons. The van der Waals surface area contributed by atoms with Crippen LogP contribution < -0.4 is 0 Å². The van der Waals surface area contributed by atoms with Crippen LogP contribution in [0.4, 0.5) is 0 Å². The highest BCUT2D eigenvalue weighted by Crippen LogP contribution is 2.62. The van der Waals surface area contributed by atoms with E-state index in [1.54, 1.807) is 0 Å². The maximum atomic E-state index is 11.1. The molecule has 2 fully saturated rings. The van der Waals surface area contributed by atoms with Crippen molar-refractivity contribution in [2.24, 2.45) is 22.7 Å². The zero-order chi connectivity index (χ0) is 17.5. The van der Waals surface area contributed by atoms with Gasteiger partial charge in [-0.2, -0.15) is 0 Å².